The van der Waals surface area contributed by atoms with E-state index in [1.807, 2.05) is 24.0 Å². The van der Waals surface area contributed by atoms with E-state index in [2.05, 4.69) is 5.10 Å². The second kappa shape index (κ2) is 4.32. The van der Waals surface area contributed by atoms with Crippen molar-refractivity contribution in [2.45, 2.75) is 18.2 Å². The van der Waals surface area contributed by atoms with E-state index >= 15 is 0 Å². The largest absolute Gasteiger partial charge is 0.381 e. The fourth-order valence-electron chi connectivity index (χ4n) is 1.80. The van der Waals surface area contributed by atoms with Crippen molar-refractivity contribution in [1.82, 2.24) is 9.78 Å². The molecule has 0 amide bonds. The number of halogens is 1. The standard InChI is InChI=1S/C10H15ClN2O/c1-13-4-2-9(12-13)6-8-7-14-5-3-10(8)11/h2,4,8,10H,3,5-7H2,1H3. The van der Waals surface area contributed by atoms with Crippen LogP contribution in [-0.2, 0) is 18.2 Å². The minimum Gasteiger partial charge on any atom is -0.381 e. The average molecular weight is 215 g/mol. The molecular weight excluding hydrogens is 200 g/mol. The highest BCUT2D eigenvalue weighted by atomic mass is 35.5. The summed E-state index contributed by atoms with van der Waals surface area (Å²) in [5.74, 6) is 0.417. The van der Waals surface area contributed by atoms with E-state index in [4.69, 9.17) is 16.3 Å². The van der Waals surface area contributed by atoms with Gasteiger partial charge in [0.15, 0.2) is 0 Å². The third-order valence-electron chi connectivity index (χ3n) is 2.62. The van der Waals surface area contributed by atoms with Gasteiger partial charge in [0.25, 0.3) is 0 Å². The topological polar surface area (TPSA) is 27.1 Å². The monoisotopic (exact) mass is 214 g/mol. The SMILES string of the molecule is Cn1ccc(CC2COCCC2Cl)n1. The normalized spacial score (nSPS) is 27.9. The van der Waals surface area contributed by atoms with E-state index in [1.165, 1.54) is 0 Å². The summed E-state index contributed by atoms with van der Waals surface area (Å²) in [6.45, 7) is 1.57. The molecule has 1 aromatic heterocycles. The molecule has 14 heavy (non-hydrogen) atoms. The summed E-state index contributed by atoms with van der Waals surface area (Å²) in [7, 11) is 1.93. The number of rotatable bonds is 2. The molecule has 0 N–H and O–H groups in total. The Balaban J connectivity index is 1.95. The van der Waals surface area contributed by atoms with Crippen molar-refractivity contribution >= 4 is 11.6 Å². The molecule has 0 saturated carbocycles. The third-order valence-corrected chi connectivity index (χ3v) is 3.20. The predicted octanol–water partition coefficient (Wildman–Crippen LogP) is 1.61. The molecule has 1 fully saturated rings. The lowest BCUT2D eigenvalue weighted by Gasteiger charge is -2.26. The van der Waals surface area contributed by atoms with E-state index in [1.54, 1.807) is 0 Å². The van der Waals surface area contributed by atoms with Crippen LogP contribution in [0.15, 0.2) is 12.3 Å². The van der Waals surface area contributed by atoms with Gasteiger partial charge < -0.3 is 4.74 Å². The second-order valence-corrected chi connectivity index (χ2v) is 4.39. The highest BCUT2D eigenvalue weighted by molar-refractivity contribution is 6.20. The maximum atomic E-state index is 6.22. The van der Waals surface area contributed by atoms with Gasteiger partial charge in [-0.05, 0) is 18.9 Å². The van der Waals surface area contributed by atoms with Crippen LogP contribution in [0.25, 0.3) is 0 Å². The summed E-state index contributed by atoms with van der Waals surface area (Å²) in [5.41, 5.74) is 1.11. The molecular formula is C10H15ClN2O. The Morgan fingerprint density at radius 3 is 3.21 bits per heavy atom. The molecule has 2 atom stereocenters. The summed E-state index contributed by atoms with van der Waals surface area (Å²) in [6, 6.07) is 2.04. The Labute approximate surface area is 89.0 Å². The molecule has 0 radical (unpaired) electrons. The van der Waals surface area contributed by atoms with Crippen LogP contribution >= 0.6 is 11.6 Å². The van der Waals surface area contributed by atoms with Gasteiger partial charge in [0.05, 0.1) is 12.3 Å². The van der Waals surface area contributed by atoms with E-state index in [-0.39, 0.29) is 5.38 Å². The van der Waals surface area contributed by atoms with Crippen LogP contribution in [0.2, 0.25) is 0 Å². The Hall–Kier alpha value is -0.540. The molecule has 4 heteroatoms. The van der Waals surface area contributed by atoms with E-state index in [0.717, 1.165) is 31.7 Å². The van der Waals surface area contributed by atoms with Crippen molar-refractivity contribution < 1.29 is 4.74 Å². The average Bonchev–Trinajstić information content (AvgIpc) is 2.56. The molecule has 0 aliphatic carbocycles. The summed E-state index contributed by atoms with van der Waals surface area (Å²) >= 11 is 6.22. The molecule has 3 nitrogen and oxygen atoms in total. The lowest BCUT2D eigenvalue weighted by atomic mass is 9.96. The zero-order chi connectivity index (χ0) is 9.97. The number of ether oxygens (including phenoxy) is 1. The Kier molecular flexibility index (Phi) is 3.08. The number of hydrogen-bond acceptors (Lipinski definition) is 2. The molecule has 1 saturated heterocycles. The maximum absolute atomic E-state index is 6.22. The van der Waals surface area contributed by atoms with Gasteiger partial charge in [0.2, 0.25) is 0 Å². The molecule has 1 aliphatic rings. The second-order valence-electron chi connectivity index (χ2n) is 3.82. The highest BCUT2D eigenvalue weighted by Gasteiger charge is 2.24. The van der Waals surface area contributed by atoms with Gasteiger partial charge >= 0.3 is 0 Å². The van der Waals surface area contributed by atoms with Crippen molar-refractivity contribution in [2.24, 2.45) is 13.0 Å². The van der Waals surface area contributed by atoms with Crippen LogP contribution in [0.5, 0.6) is 0 Å². The van der Waals surface area contributed by atoms with Gasteiger partial charge in [0, 0.05) is 31.1 Å². The first-order chi connectivity index (χ1) is 6.75. The van der Waals surface area contributed by atoms with Crippen LogP contribution < -0.4 is 0 Å². The lowest BCUT2D eigenvalue weighted by Crippen LogP contribution is -2.29. The van der Waals surface area contributed by atoms with Crippen molar-refractivity contribution in [1.29, 1.82) is 0 Å². The molecule has 1 aliphatic heterocycles. The maximum Gasteiger partial charge on any atom is 0.0628 e. The fraction of sp³-hybridized carbons (Fsp3) is 0.700. The van der Waals surface area contributed by atoms with Crippen LogP contribution in [0.4, 0.5) is 0 Å². The summed E-state index contributed by atoms with van der Waals surface area (Å²) in [5, 5.41) is 4.58. The fourth-order valence-corrected chi connectivity index (χ4v) is 2.05. The smallest absolute Gasteiger partial charge is 0.0628 e. The van der Waals surface area contributed by atoms with Crippen LogP contribution in [0, 0.1) is 5.92 Å². The predicted molar refractivity (Wildman–Crippen MR) is 55.5 cm³/mol. The first kappa shape index (κ1) is 9.99. The highest BCUT2D eigenvalue weighted by Crippen LogP contribution is 2.23. The van der Waals surface area contributed by atoms with Crippen LogP contribution in [0.3, 0.4) is 0 Å². The number of aromatic nitrogens is 2. The molecule has 0 aromatic carbocycles. The minimum atomic E-state index is 0.241. The Bertz CT molecular complexity index is 300. The Morgan fingerprint density at radius 2 is 2.57 bits per heavy atom. The quantitative estimate of drug-likeness (QED) is 0.700. The molecule has 2 rings (SSSR count). The van der Waals surface area contributed by atoms with Crippen molar-refractivity contribution in [3.8, 4) is 0 Å². The van der Waals surface area contributed by atoms with Gasteiger partial charge in [0.1, 0.15) is 0 Å². The van der Waals surface area contributed by atoms with E-state index in [9.17, 15) is 0 Å². The molecule has 1 aromatic rings. The third kappa shape index (κ3) is 2.28. The molecule has 0 bridgehead atoms. The number of nitrogens with zero attached hydrogens (tertiary/aromatic N) is 2. The first-order valence-corrected chi connectivity index (χ1v) is 5.39. The summed E-state index contributed by atoms with van der Waals surface area (Å²) in [4.78, 5) is 0. The van der Waals surface area contributed by atoms with Gasteiger partial charge in [-0.2, -0.15) is 5.10 Å². The van der Waals surface area contributed by atoms with Gasteiger partial charge in [-0.1, -0.05) is 0 Å². The van der Waals surface area contributed by atoms with Gasteiger partial charge in [-0.25, -0.2) is 0 Å². The molecule has 2 unspecified atom stereocenters. The number of alkyl halides is 1. The molecule has 0 spiro atoms. The number of aryl methyl sites for hydroxylation is 1. The number of hydrogen-bond donors (Lipinski definition) is 0. The van der Waals surface area contributed by atoms with Crippen molar-refractivity contribution in [2.75, 3.05) is 13.2 Å². The van der Waals surface area contributed by atoms with Gasteiger partial charge in [-0.3, -0.25) is 4.68 Å². The van der Waals surface area contributed by atoms with Crippen LogP contribution in [-0.4, -0.2) is 28.4 Å². The van der Waals surface area contributed by atoms with Crippen molar-refractivity contribution in [3.63, 3.8) is 0 Å². The summed E-state index contributed by atoms with van der Waals surface area (Å²) in [6.07, 6.45) is 3.84. The van der Waals surface area contributed by atoms with Crippen LogP contribution in [0.1, 0.15) is 12.1 Å². The van der Waals surface area contributed by atoms with E-state index in [0.29, 0.717) is 5.92 Å². The lowest BCUT2D eigenvalue weighted by molar-refractivity contribution is 0.0574. The zero-order valence-corrected chi connectivity index (χ0v) is 9.07. The molecule has 2 heterocycles. The molecule has 78 valence electrons. The zero-order valence-electron chi connectivity index (χ0n) is 8.32. The van der Waals surface area contributed by atoms with E-state index < -0.39 is 0 Å². The first-order valence-electron chi connectivity index (χ1n) is 4.96. The minimum absolute atomic E-state index is 0.241. The van der Waals surface area contributed by atoms with Gasteiger partial charge in [-0.15, -0.1) is 11.6 Å². The van der Waals surface area contributed by atoms with Crippen molar-refractivity contribution in [3.05, 3.63) is 18.0 Å². The Morgan fingerprint density at radius 1 is 1.71 bits per heavy atom. The summed E-state index contributed by atoms with van der Waals surface area (Å²) < 4.78 is 7.23.